The average Bonchev–Trinajstić information content (AvgIpc) is 3.12. The van der Waals surface area contributed by atoms with E-state index in [1.54, 1.807) is 11.8 Å². The van der Waals surface area contributed by atoms with Crippen molar-refractivity contribution in [3.63, 3.8) is 0 Å². The molecule has 1 amide bonds. The first-order valence-corrected chi connectivity index (χ1v) is 8.09. The molecule has 2 heterocycles. The summed E-state index contributed by atoms with van der Waals surface area (Å²) in [5.41, 5.74) is 4.94. The number of rotatable bonds is 4. The second kappa shape index (κ2) is 6.11. The van der Waals surface area contributed by atoms with Gasteiger partial charge in [0.05, 0.1) is 6.54 Å². The number of aromatic amines is 1. The van der Waals surface area contributed by atoms with Crippen LogP contribution in [0.15, 0.2) is 16.7 Å². The normalized spacial score (nSPS) is 11.2. The maximum Gasteiger partial charge on any atom is 0.270 e. The van der Waals surface area contributed by atoms with Crippen molar-refractivity contribution in [1.82, 2.24) is 20.0 Å². The van der Waals surface area contributed by atoms with E-state index in [9.17, 15) is 4.79 Å². The minimum Gasteiger partial charge on any atom is -0.350 e. The number of hydrogen-bond donors (Lipinski definition) is 1. The largest absolute Gasteiger partial charge is 0.350 e. The molecule has 0 spiro atoms. The lowest BCUT2D eigenvalue weighted by Gasteiger charge is -2.18. The Morgan fingerprint density at radius 2 is 1.92 bits per heavy atom. The third-order valence-corrected chi connectivity index (χ3v) is 4.41. The molecule has 0 aliphatic rings. The van der Waals surface area contributed by atoms with E-state index < -0.39 is 0 Å². The van der Waals surface area contributed by atoms with Crippen molar-refractivity contribution in [2.45, 2.75) is 41.2 Å². The highest BCUT2D eigenvalue weighted by Crippen LogP contribution is 2.28. The third-order valence-electron chi connectivity index (χ3n) is 4.41. The molecule has 0 radical (unpaired) electrons. The van der Waals surface area contributed by atoms with E-state index in [4.69, 9.17) is 4.52 Å². The number of fused-ring (bicyclic) bond motifs is 1. The summed E-state index contributed by atoms with van der Waals surface area (Å²) in [6.45, 7) is 10.7. The highest BCUT2D eigenvalue weighted by atomic mass is 16.5. The van der Waals surface area contributed by atoms with Crippen LogP contribution in [0.4, 0.5) is 0 Å². The molecule has 0 unspecified atom stereocenters. The number of carbonyl (C=O) groups excluding carboxylic acids is 1. The van der Waals surface area contributed by atoms with E-state index in [1.807, 2.05) is 20.8 Å². The van der Waals surface area contributed by atoms with Crippen LogP contribution in [0.3, 0.4) is 0 Å². The smallest absolute Gasteiger partial charge is 0.270 e. The number of aromatic nitrogens is 3. The van der Waals surface area contributed by atoms with E-state index in [1.165, 1.54) is 5.56 Å². The van der Waals surface area contributed by atoms with Gasteiger partial charge < -0.3 is 14.4 Å². The lowest BCUT2D eigenvalue weighted by molar-refractivity contribution is 0.0741. The molecule has 0 aliphatic heterocycles. The molecule has 1 aromatic carbocycles. The molecule has 1 N–H and O–H groups in total. The van der Waals surface area contributed by atoms with Crippen LogP contribution in [0.25, 0.3) is 10.9 Å². The summed E-state index contributed by atoms with van der Waals surface area (Å²) in [6, 6.07) is 4.16. The third kappa shape index (κ3) is 2.68. The lowest BCUT2D eigenvalue weighted by Crippen LogP contribution is -2.31. The minimum absolute atomic E-state index is 0.0487. The van der Waals surface area contributed by atoms with Crippen LogP contribution in [0.1, 0.15) is 45.8 Å². The molecular weight excluding hydrogens is 304 g/mol. The molecule has 6 heteroatoms. The number of benzene rings is 1. The molecule has 2 aromatic heterocycles. The monoisotopic (exact) mass is 326 g/mol. The maximum atomic E-state index is 13.0. The van der Waals surface area contributed by atoms with Crippen LogP contribution in [-0.4, -0.2) is 32.5 Å². The fourth-order valence-electron chi connectivity index (χ4n) is 3.07. The number of carbonyl (C=O) groups is 1. The van der Waals surface area contributed by atoms with Crippen molar-refractivity contribution in [2.75, 3.05) is 6.54 Å². The first-order valence-electron chi connectivity index (χ1n) is 8.09. The Bertz CT molecular complexity index is 907. The SMILES string of the molecule is CCN(Cc1noc(C)n1)C(=O)c1[nH]c2c(C)ccc(C)c2c1C. The number of aryl methyl sites for hydroxylation is 4. The number of nitrogens with zero attached hydrogens (tertiary/aromatic N) is 3. The van der Waals surface area contributed by atoms with Gasteiger partial charge in [-0.2, -0.15) is 4.98 Å². The zero-order valence-corrected chi connectivity index (χ0v) is 14.7. The number of H-pyrrole nitrogens is 1. The summed E-state index contributed by atoms with van der Waals surface area (Å²) in [5.74, 6) is 0.970. The molecule has 0 bridgehead atoms. The van der Waals surface area contributed by atoms with Gasteiger partial charge in [0, 0.05) is 24.4 Å². The van der Waals surface area contributed by atoms with E-state index in [0.717, 1.165) is 22.0 Å². The van der Waals surface area contributed by atoms with Gasteiger partial charge in [-0.3, -0.25) is 4.79 Å². The van der Waals surface area contributed by atoms with Crippen molar-refractivity contribution >= 4 is 16.8 Å². The van der Waals surface area contributed by atoms with Crippen molar-refractivity contribution in [2.24, 2.45) is 0 Å². The Morgan fingerprint density at radius 3 is 2.50 bits per heavy atom. The maximum absolute atomic E-state index is 13.0. The summed E-state index contributed by atoms with van der Waals surface area (Å²) >= 11 is 0. The second-order valence-corrected chi connectivity index (χ2v) is 6.12. The number of nitrogens with one attached hydrogen (secondary N) is 1. The predicted molar refractivity (Wildman–Crippen MR) is 92.0 cm³/mol. The van der Waals surface area contributed by atoms with Gasteiger partial charge in [0.2, 0.25) is 5.89 Å². The zero-order chi connectivity index (χ0) is 17.4. The quantitative estimate of drug-likeness (QED) is 0.797. The standard InChI is InChI=1S/C18H22N4O2/c1-6-22(9-14-19-13(5)24-21-14)18(23)17-12(4)15-10(2)7-8-11(3)16(15)20-17/h7-8,20H,6,9H2,1-5H3. The summed E-state index contributed by atoms with van der Waals surface area (Å²) < 4.78 is 4.99. The molecule has 126 valence electrons. The van der Waals surface area contributed by atoms with Gasteiger partial charge in [0.1, 0.15) is 5.69 Å². The van der Waals surface area contributed by atoms with E-state index in [0.29, 0.717) is 30.5 Å². The lowest BCUT2D eigenvalue weighted by atomic mass is 10.0. The van der Waals surface area contributed by atoms with Crippen molar-refractivity contribution in [1.29, 1.82) is 0 Å². The first kappa shape index (κ1) is 16.2. The molecule has 0 aliphatic carbocycles. The average molecular weight is 326 g/mol. The minimum atomic E-state index is -0.0487. The van der Waals surface area contributed by atoms with Gasteiger partial charge in [-0.25, -0.2) is 0 Å². The molecule has 3 aromatic rings. The van der Waals surface area contributed by atoms with Gasteiger partial charge >= 0.3 is 0 Å². The fourth-order valence-corrected chi connectivity index (χ4v) is 3.07. The topological polar surface area (TPSA) is 75.0 Å². The van der Waals surface area contributed by atoms with Crippen LogP contribution >= 0.6 is 0 Å². The van der Waals surface area contributed by atoms with Crippen LogP contribution in [0, 0.1) is 27.7 Å². The van der Waals surface area contributed by atoms with Gasteiger partial charge in [-0.15, -0.1) is 0 Å². The fraction of sp³-hybridized carbons (Fsp3) is 0.389. The Hall–Kier alpha value is -2.63. The summed E-state index contributed by atoms with van der Waals surface area (Å²) in [5, 5.41) is 5.01. The first-order chi connectivity index (χ1) is 11.4. The van der Waals surface area contributed by atoms with Crippen LogP contribution in [-0.2, 0) is 6.54 Å². The Morgan fingerprint density at radius 1 is 1.21 bits per heavy atom. The Kier molecular flexibility index (Phi) is 4.13. The van der Waals surface area contributed by atoms with Crippen molar-refractivity contribution in [3.8, 4) is 0 Å². The van der Waals surface area contributed by atoms with Crippen molar-refractivity contribution in [3.05, 3.63) is 46.2 Å². The molecule has 0 saturated heterocycles. The molecular formula is C18H22N4O2. The van der Waals surface area contributed by atoms with E-state index in [-0.39, 0.29) is 5.91 Å². The Balaban J connectivity index is 1.99. The molecule has 24 heavy (non-hydrogen) atoms. The van der Waals surface area contributed by atoms with Crippen LogP contribution < -0.4 is 0 Å². The molecule has 0 atom stereocenters. The summed E-state index contributed by atoms with van der Waals surface area (Å²) in [6.07, 6.45) is 0. The summed E-state index contributed by atoms with van der Waals surface area (Å²) in [7, 11) is 0. The highest BCUT2D eigenvalue weighted by Gasteiger charge is 2.22. The Labute approximate surface area is 140 Å². The van der Waals surface area contributed by atoms with E-state index >= 15 is 0 Å². The molecule has 0 fully saturated rings. The van der Waals surface area contributed by atoms with Gasteiger partial charge in [-0.05, 0) is 44.4 Å². The molecule has 6 nitrogen and oxygen atoms in total. The van der Waals surface area contributed by atoms with Gasteiger partial charge in [0.25, 0.3) is 5.91 Å². The molecule has 3 rings (SSSR count). The number of hydrogen-bond acceptors (Lipinski definition) is 4. The number of amides is 1. The van der Waals surface area contributed by atoms with Gasteiger partial charge in [-0.1, -0.05) is 17.3 Å². The summed E-state index contributed by atoms with van der Waals surface area (Å²) in [4.78, 5) is 22.2. The second-order valence-electron chi connectivity index (χ2n) is 6.12. The van der Waals surface area contributed by atoms with Crippen LogP contribution in [0.5, 0.6) is 0 Å². The van der Waals surface area contributed by atoms with Crippen LogP contribution in [0.2, 0.25) is 0 Å². The predicted octanol–water partition coefficient (Wildman–Crippen LogP) is 3.45. The van der Waals surface area contributed by atoms with Gasteiger partial charge in [0.15, 0.2) is 5.82 Å². The van der Waals surface area contributed by atoms with Crippen molar-refractivity contribution < 1.29 is 9.32 Å². The van der Waals surface area contributed by atoms with E-state index in [2.05, 4.69) is 34.2 Å². The molecule has 0 saturated carbocycles. The highest BCUT2D eigenvalue weighted by molar-refractivity contribution is 6.02. The zero-order valence-electron chi connectivity index (χ0n) is 14.7.